The van der Waals surface area contributed by atoms with Crippen molar-refractivity contribution < 1.29 is 22.7 Å². The zero-order valence-corrected chi connectivity index (χ0v) is 27.3. The monoisotopic (exact) mass is 647 g/mol. The predicted octanol–water partition coefficient (Wildman–Crippen LogP) is 6.10. The first-order valence-electron chi connectivity index (χ1n) is 14.2. The quantitative estimate of drug-likeness (QED) is 0.215. The number of hydrogen-bond acceptors (Lipinski definition) is 5. The Morgan fingerprint density at radius 1 is 0.930 bits per heavy atom. The summed E-state index contributed by atoms with van der Waals surface area (Å²) in [7, 11) is -3.69. The van der Waals surface area contributed by atoms with Crippen LogP contribution in [0.15, 0.2) is 72.8 Å². The smallest absolute Gasteiger partial charge is 0.243 e. The maximum atomic E-state index is 14.0. The molecule has 0 aliphatic rings. The van der Waals surface area contributed by atoms with Crippen LogP contribution in [0.4, 0.5) is 5.69 Å². The minimum atomic E-state index is -3.69. The average molecular weight is 649 g/mol. The lowest BCUT2D eigenvalue weighted by atomic mass is 10.0. The van der Waals surface area contributed by atoms with Crippen molar-refractivity contribution in [2.45, 2.75) is 58.7 Å². The second-order valence-corrected chi connectivity index (χ2v) is 13.2. The number of halogens is 2. The van der Waals surface area contributed by atoms with Gasteiger partial charge in [0, 0.05) is 47.6 Å². The molecule has 43 heavy (non-hydrogen) atoms. The summed E-state index contributed by atoms with van der Waals surface area (Å²) in [5, 5.41) is 3.70. The molecule has 0 saturated carbocycles. The third-order valence-corrected chi connectivity index (χ3v) is 8.57. The first-order valence-corrected chi connectivity index (χ1v) is 16.8. The highest BCUT2D eigenvalue weighted by Gasteiger charge is 2.32. The van der Waals surface area contributed by atoms with Crippen LogP contribution in [-0.4, -0.2) is 56.6 Å². The van der Waals surface area contributed by atoms with Crippen LogP contribution in [0.3, 0.4) is 0 Å². The van der Waals surface area contributed by atoms with Crippen molar-refractivity contribution in [2.75, 3.05) is 23.7 Å². The molecule has 8 nitrogen and oxygen atoms in total. The van der Waals surface area contributed by atoms with E-state index >= 15 is 0 Å². The van der Waals surface area contributed by atoms with E-state index in [1.54, 1.807) is 42.5 Å². The van der Waals surface area contributed by atoms with E-state index in [0.717, 1.165) is 11.8 Å². The van der Waals surface area contributed by atoms with E-state index in [2.05, 4.69) is 5.32 Å². The van der Waals surface area contributed by atoms with Gasteiger partial charge in [0.2, 0.25) is 21.8 Å². The van der Waals surface area contributed by atoms with Crippen molar-refractivity contribution in [1.29, 1.82) is 0 Å². The summed E-state index contributed by atoms with van der Waals surface area (Å²) in [5.74, 6) is -0.203. The number of nitrogens with one attached hydrogen (secondary N) is 1. The number of anilines is 1. The van der Waals surface area contributed by atoms with Gasteiger partial charge in [-0.3, -0.25) is 13.9 Å². The van der Waals surface area contributed by atoms with Gasteiger partial charge in [0.1, 0.15) is 11.8 Å². The van der Waals surface area contributed by atoms with Crippen LogP contribution in [0, 0.1) is 0 Å². The fourth-order valence-electron chi connectivity index (χ4n) is 4.71. The molecule has 0 aromatic heterocycles. The van der Waals surface area contributed by atoms with Crippen LogP contribution in [-0.2, 0) is 32.6 Å². The van der Waals surface area contributed by atoms with Crippen molar-refractivity contribution in [3.05, 3.63) is 94.0 Å². The molecule has 0 spiro atoms. The Hall–Kier alpha value is -3.27. The summed E-state index contributed by atoms with van der Waals surface area (Å²) in [6.07, 6.45) is 1.56. The van der Waals surface area contributed by atoms with Gasteiger partial charge in [-0.1, -0.05) is 71.7 Å². The van der Waals surface area contributed by atoms with Crippen LogP contribution >= 0.6 is 23.2 Å². The Morgan fingerprint density at radius 2 is 1.56 bits per heavy atom. The van der Waals surface area contributed by atoms with Gasteiger partial charge in [-0.05, 0) is 57.0 Å². The SMILES string of the molecule is CCOc1ccccc1N(CCCC(=O)N(Cc1c(Cl)cccc1Cl)C(Cc1ccccc1)C(=O)NC(C)C)S(C)(=O)=O. The normalized spacial score (nSPS) is 12.1. The Kier molecular flexibility index (Phi) is 12.7. The van der Waals surface area contributed by atoms with E-state index in [4.69, 9.17) is 27.9 Å². The number of rotatable bonds is 15. The molecule has 1 atom stereocenters. The van der Waals surface area contributed by atoms with Gasteiger partial charge in [-0.2, -0.15) is 0 Å². The number of hydrogen-bond donors (Lipinski definition) is 1. The molecule has 0 aliphatic carbocycles. The summed E-state index contributed by atoms with van der Waals surface area (Å²) in [5.41, 5.74) is 1.81. The van der Waals surface area contributed by atoms with Crippen molar-refractivity contribution in [1.82, 2.24) is 10.2 Å². The molecule has 2 amide bonds. The molecule has 11 heteroatoms. The number of benzene rings is 3. The molecule has 3 aromatic carbocycles. The van der Waals surface area contributed by atoms with Gasteiger partial charge in [0.15, 0.2) is 0 Å². The summed E-state index contributed by atoms with van der Waals surface area (Å²) < 4.78 is 32.5. The largest absolute Gasteiger partial charge is 0.492 e. The fraction of sp³-hybridized carbons (Fsp3) is 0.375. The van der Waals surface area contributed by atoms with Crippen molar-refractivity contribution in [2.24, 2.45) is 0 Å². The van der Waals surface area contributed by atoms with Crippen molar-refractivity contribution in [3.8, 4) is 5.75 Å². The van der Waals surface area contributed by atoms with Gasteiger partial charge in [-0.15, -0.1) is 0 Å². The second-order valence-electron chi connectivity index (χ2n) is 10.4. The summed E-state index contributed by atoms with van der Waals surface area (Å²) in [4.78, 5) is 29.1. The van der Waals surface area contributed by atoms with E-state index in [9.17, 15) is 18.0 Å². The molecular weight excluding hydrogens is 609 g/mol. The molecule has 0 fully saturated rings. The number of carbonyl (C=O) groups is 2. The highest BCUT2D eigenvalue weighted by Crippen LogP contribution is 2.31. The molecule has 0 bridgehead atoms. The lowest BCUT2D eigenvalue weighted by Gasteiger charge is -2.33. The summed E-state index contributed by atoms with van der Waals surface area (Å²) in [6.45, 7) is 5.94. The van der Waals surface area contributed by atoms with E-state index in [0.29, 0.717) is 33.7 Å². The molecule has 0 aliphatic heterocycles. The van der Waals surface area contributed by atoms with Crippen molar-refractivity contribution in [3.63, 3.8) is 0 Å². The van der Waals surface area contributed by atoms with Gasteiger partial charge in [-0.25, -0.2) is 8.42 Å². The topological polar surface area (TPSA) is 96.0 Å². The first kappa shape index (κ1) is 34.2. The van der Waals surface area contributed by atoms with Crippen molar-refractivity contribution >= 4 is 50.7 Å². The first-order chi connectivity index (χ1) is 20.4. The molecule has 0 saturated heterocycles. The fourth-order valence-corrected chi connectivity index (χ4v) is 6.20. The van der Waals surface area contributed by atoms with Crippen LogP contribution in [0.25, 0.3) is 0 Å². The number of amides is 2. The molecule has 1 N–H and O–H groups in total. The number of para-hydroxylation sites is 2. The van der Waals surface area contributed by atoms with Crippen LogP contribution < -0.4 is 14.4 Å². The average Bonchev–Trinajstić information content (AvgIpc) is 2.94. The second kappa shape index (κ2) is 16.0. The van der Waals surface area contributed by atoms with E-state index in [1.807, 2.05) is 51.1 Å². The number of nitrogens with zero attached hydrogens (tertiary/aromatic N) is 2. The Bertz CT molecular complexity index is 1470. The zero-order chi connectivity index (χ0) is 31.6. The minimum Gasteiger partial charge on any atom is -0.492 e. The molecular formula is C32H39Cl2N3O5S. The molecule has 232 valence electrons. The van der Waals surface area contributed by atoms with Crippen LogP contribution in [0.2, 0.25) is 10.0 Å². The molecule has 3 rings (SSSR count). The molecule has 0 heterocycles. The summed E-state index contributed by atoms with van der Waals surface area (Å²) >= 11 is 13.0. The third kappa shape index (κ3) is 9.88. The van der Waals surface area contributed by atoms with Gasteiger partial charge >= 0.3 is 0 Å². The van der Waals surface area contributed by atoms with Gasteiger partial charge in [0.05, 0.1) is 18.6 Å². The Balaban J connectivity index is 1.94. The maximum Gasteiger partial charge on any atom is 0.243 e. The van der Waals surface area contributed by atoms with E-state index < -0.39 is 16.1 Å². The number of sulfonamides is 1. The lowest BCUT2D eigenvalue weighted by molar-refractivity contribution is -0.141. The highest BCUT2D eigenvalue weighted by molar-refractivity contribution is 7.92. The molecule has 3 aromatic rings. The molecule has 1 unspecified atom stereocenters. The number of carbonyl (C=O) groups excluding carboxylic acids is 2. The van der Waals surface area contributed by atoms with Crippen LogP contribution in [0.1, 0.15) is 44.7 Å². The molecule has 0 radical (unpaired) electrons. The standard InChI is InChI=1S/C32H39Cl2N3O5S/c1-5-42-30-18-10-9-17-28(30)37(43(4,40)41)20-12-19-31(38)36(22-25-26(33)15-11-16-27(25)34)29(32(39)35-23(2)3)21-24-13-7-6-8-14-24/h6-11,13-18,23,29H,5,12,19-22H2,1-4H3,(H,35,39). The summed E-state index contributed by atoms with van der Waals surface area (Å²) in [6, 6.07) is 20.4. The maximum absolute atomic E-state index is 14.0. The third-order valence-electron chi connectivity index (χ3n) is 6.68. The van der Waals surface area contributed by atoms with Gasteiger partial charge < -0.3 is 15.0 Å². The Morgan fingerprint density at radius 3 is 2.16 bits per heavy atom. The predicted molar refractivity (Wildman–Crippen MR) is 173 cm³/mol. The lowest BCUT2D eigenvalue weighted by Crippen LogP contribution is -2.52. The highest BCUT2D eigenvalue weighted by atomic mass is 35.5. The number of ether oxygens (including phenoxy) is 1. The Labute approximate surface area is 265 Å². The van der Waals surface area contributed by atoms with Gasteiger partial charge in [0.25, 0.3) is 0 Å². The van der Waals surface area contributed by atoms with E-state index in [-0.39, 0.29) is 50.2 Å². The zero-order valence-electron chi connectivity index (χ0n) is 24.9. The minimum absolute atomic E-state index is 0.00329. The van der Waals surface area contributed by atoms with E-state index in [1.165, 1.54) is 9.21 Å². The van der Waals surface area contributed by atoms with Crippen LogP contribution in [0.5, 0.6) is 5.75 Å².